The lowest BCUT2D eigenvalue weighted by Crippen LogP contribution is -2.17. The van der Waals surface area contributed by atoms with E-state index in [0.29, 0.717) is 19.3 Å². The van der Waals surface area contributed by atoms with E-state index >= 15 is 0 Å². The number of ether oxygens (including phenoxy) is 3. The van der Waals surface area contributed by atoms with E-state index in [1.165, 1.54) is 14.2 Å². The number of rotatable bonds is 10. The van der Waals surface area contributed by atoms with Crippen molar-refractivity contribution in [2.24, 2.45) is 0 Å². The maximum Gasteiger partial charge on any atom is 0.305 e. The van der Waals surface area contributed by atoms with Crippen LogP contribution in [0.15, 0.2) is 0 Å². The third-order valence-electron chi connectivity index (χ3n) is 2.16. The first-order chi connectivity index (χ1) is 8.10. The largest absolute Gasteiger partial charge is 0.481 e. The Kier molecular flexibility index (Phi) is 9.37. The monoisotopic (exact) mass is 248 g/mol. The summed E-state index contributed by atoms with van der Waals surface area (Å²) in [7, 11) is 3.03. The molecule has 0 amide bonds. The Morgan fingerprint density at radius 1 is 1.12 bits per heavy atom. The van der Waals surface area contributed by atoms with Crippen LogP contribution in [0, 0.1) is 0 Å². The zero-order valence-electron chi connectivity index (χ0n) is 10.3. The lowest BCUT2D eigenvalue weighted by Gasteiger charge is -2.12. The topological polar surface area (TPSA) is 82.1 Å². The minimum atomic E-state index is -0.846. The standard InChI is InChI=1S/C11H20O6/c1-15-11(16-2)7-8-17-10(14)6-4-3-5-9(12)13/h11H,3-8H2,1-2H3,(H,12,13). The van der Waals surface area contributed by atoms with Gasteiger partial charge >= 0.3 is 11.9 Å². The SMILES string of the molecule is COC(CCOC(=O)CCCCC(=O)O)OC. The van der Waals surface area contributed by atoms with Crippen molar-refractivity contribution in [1.29, 1.82) is 0 Å². The summed E-state index contributed by atoms with van der Waals surface area (Å²) in [6.07, 6.45) is 1.47. The lowest BCUT2D eigenvalue weighted by molar-refractivity contribution is -0.150. The summed E-state index contributed by atoms with van der Waals surface area (Å²) in [5.74, 6) is -1.16. The summed E-state index contributed by atoms with van der Waals surface area (Å²) >= 11 is 0. The van der Waals surface area contributed by atoms with E-state index in [-0.39, 0.29) is 31.7 Å². The summed E-state index contributed by atoms with van der Waals surface area (Å²) in [5, 5.41) is 8.39. The van der Waals surface area contributed by atoms with E-state index in [4.69, 9.17) is 19.3 Å². The molecule has 0 aliphatic rings. The lowest BCUT2D eigenvalue weighted by atomic mass is 10.2. The van der Waals surface area contributed by atoms with Crippen molar-refractivity contribution in [3.8, 4) is 0 Å². The van der Waals surface area contributed by atoms with Crippen LogP contribution in [0.3, 0.4) is 0 Å². The first-order valence-corrected chi connectivity index (χ1v) is 5.53. The van der Waals surface area contributed by atoms with Crippen molar-refractivity contribution in [2.75, 3.05) is 20.8 Å². The van der Waals surface area contributed by atoms with Gasteiger partial charge in [0.05, 0.1) is 6.61 Å². The third-order valence-corrected chi connectivity index (χ3v) is 2.16. The molecule has 0 aromatic heterocycles. The first kappa shape index (κ1) is 15.9. The van der Waals surface area contributed by atoms with Gasteiger partial charge in [-0.2, -0.15) is 0 Å². The van der Waals surface area contributed by atoms with E-state index < -0.39 is 5.97 Å². The molecular weight excluding hydrogens is 228 g/mol. The number of methoxy groups -OCH3 is 2. The molecule has 0 rings (SSSR count). The number of hydrogen-bond acceptors (Lipinski definition) is 5. The molecule has 0 unspecified atom stereocenters. The Labute approximate surface area is 101 Å². The van der Waals surface area contributed by atoms with Crippen LogP contribution in [0.4, 0.5) is 0 Å². The molecule has 1 N–H and O–H groups in total. The molecule has 0 aromatic carbocycles. The van der Waals surface area contributed by atoms with Crippen LogP contribution in [0.1, 0.15) is 32.1 Å². The zero-order valence-corrected chi connectivity index (χ0v) is 10.3. The number of hydrogen-bond donors (Lipinski definition) is 1. The second kappa shape index (κ2) is 10.0. The van der Waals surface area contributed by atoms with Crippen molar-refractivity contribution in [1.82, 2.24) is 0 Å². The summed E-state index contributed by atoms with van der Waals surface area (Å²) in [5.41, 5.74) is 0. The van der Waals surface area contributed by atoms with Crippen LogP contribution >= 0.6 is 0 Å². The fraction of sp³-hybridized carbons (Fsp3) is 0.818. The maximum atomic E-state index is 11.2. The molecule has 6 nitrogen and oxygen atoms in total. The van der Waals surface area contributed by atoms with E-state index in [1.807, 2.05) is 0 Å². The van der Waals surface area contributed by atoms with Crippen molar-refractivity contribution in [3.63, 3.8) is 0 Å². The van der Waals surface area contributed by atoms with Gasteiger partial charge in [-0.1, -0.05) is 0 Å². The van der Waals surface area contributed by atoms with Crippen LogP contribution in [-0.2, 0) is 23.8 Å². The highest BCUT2D eigenvalue weighted by atomic mass is 16.7. The third kappa shape index (κ3) is 9.77. The fourth-order valence-electron chi connectivity index (χ4n) is 1.22. The van der Waals surface area contributed by atoms with Crippen LogP contribution in [-0.4, -0.2) is 44.2 Å². The van der Waals surface area contributed by atoms with Crippen molar-refractivity contribution >= 4 is 11.9 Å². The van der Waals surface area contributed by atoms with Crippen LogP contribution < -0.4 is 0 Å². The molecule has 0 fully saturated rings. The first-order valence-electron chi connectivity index (χ1n) is 5.53. The van der Waals surface area contributed by atoms with E-state index in [0.717, 1.165) is 0 Å². The molecule has 0 atom stereocenters. The van der Waals surface area contributed by atoms with Gasteiger partial charge in [-0.15, -0.1) is 0 Å². The van der Waals surface area contributed by atoms with Gasteiger partial charge in [0.1, 0.15) is 0 Å². The van der Waals surface area contributed by atoms with Gasteiger partial charge in [0.2, 0.25) is 0 Å². The smallest absolute Gasteiger partial charge is 0.305 e. The minimum Gasteiger partial charge on any atom is -0.481 e. The number of aliphatic carboxylic acids is 1. The van der Waals surface area contributed by atoms with Crippen molar-refractivity contribution in [2.45, 2.75) is 38.4 Å². The summed E-state index contributed by atoms with van der Waals surface area (Å²) in [6, 6.07) is 0. The highest BCUT2D eigenvalue weighted by molar-refractivity contribution is 5.69. The highest BCUT2D eigenvalue weighted by Crippen LogP contribution is 2.03. The van der Waals surface area contributed by atoms with Gasteiger partial charge in [0.15, 0.2) is 6.29 Å². The van der Waals surface area contributed by atoms with Gasteiger partial charge < -0.3 is 19.3 Å². The Bertz CT molecular complexity index is 224. The molecular formula is C11H20O6. The normalized spacial score (nSPS) is 10.5. The van der Waals surface area contributed by atoms with Crippen LogP contribution in [0.2, 0.25) is 0 Å². The Balaban J connectivity index is 3.43. The Morgan fingerprint density at radius 3 is 2.24 bits per heavy atom. The second-order valence-corrected chi connectivity index (χ2v) is 3.51. The predicted molar refractivity (Wildman–Crippen MR) is 59.5 cm³/mol. The van der Waals surface area contributed by atoms with E-state index in [1.54, 1.807) is 0 Å². The van der Waals surface area contributed by atoms with E-state index in [2.05, 4.69) is 0 Å². The summed E-state index contributed by atoms with van der Waals surface area (Å²) < 4.78 is 14.8. The van der Waals surface area contributed by atoms with Gasteiger partial charge in [-0.05, 0) is 12.8 Å². The average Bonchev–Trinajstić information content (AvgIpc) is 2.30. The quantitative estimate of drug-likeness (QED) is 0.355. The van der Waals surface area contributed by atoms with Gasteiger partial charge in [0.25, 0.3) is 0 Å². The molecule has 0 aliphatic carbocycles. The molecule has 0 heterocycles. The number of unbranched alkanes of at least 4 members (excludes halogenated alkanes) is 1. The Morgan fingerprint density at radius 2 is 1.71 bits per heavy atom. The summed E-state index contributed by atoms with van der Waals surface area (Å²) in [4.78, 5) is 21.4. The molecule has 100 valence electrons. The molecule has 0 radical (unpaired) electrons. The molecule has 0 saturated carbocycles. The number of carboxylic acid groups (broad SMARTS) is 1. The molecule has 0 saturated heterocycles. The number of carboxylic acids is 1. The van der Waals surface area contributed by atoms with Crippen molar-refractivity contribution < 1.29 is 28.9 Å². The molecule has 6 heteroatoms. The maximum absolute atomic E-state index is 11.2. The number of carbonyl (C=O) groups excluding carboxylic acids is 1. The predicted octanol–water partition coefficient (Wildman–Crippen LogP) is 1.18. The highest BCUT2D eigenvalue weighted by Gasteiger charge is 2.08. The molecule has 0 bridgehead atoms. The Hall–Kier alpha value is -1.14. The van der Waals surface area contributed by atoms with Crippen LogP contribution in [0.25, 0.3) is 0 Å². The van der Waals surface area contributed by atoms with Gasteiger partial charge in [-0.25, -0.2) is 0 Å². The van der Waals surface area contributed by atoms with Crippen molar-refractivity contribution in [3.05, 3.63) is 0 Å². The molecule has 0 aromatic rings. The van der Waals surface area contributed by atoms with Gasteiger partial charge in [0, 0.05) is 33.5 Å². The fourth-order valence-corrected chi connectivity index (χ4v) is 1.22. The number of esters is 1. The average molecular weight is 248 g/mol. The molecule has 0 spiro atoms. The summed E-state index contributed by atoms with van der Waals surface area (Å²) in [6.45, 7) is 0.240. The van der Waals surface area contributed by atoms with Crippen LogP contribution in [0.5, 0.6) is 0 Å². The second-order valence-electron chi connectivity index (χ2n) is 3.51. The zero-order chi connectivity index (χ0) is 13.1. The van der Waals surface area contributed by atoms with E-state index in [9.17, 15) is 9.59 Å². The van der Waals surface area contributed by atoms with Gasteiger partial charge in [-0.3, -0.25) is 9.59 Å². The molecule has 17 heavy (non-hydrogen) atoms. The molecule has 0 aliphatic heterocycles. The minimum absolute atomic E-state index is 0.0860. The number of carbonyl (C=O) groups is 2.